The number of rotatable bonds is 6. The third-order valence-electron chi connectivity index (χ3n) is 4.10. The third kappa shape index (κ3) is 4.61. The number of hydrogen-bond acceptors (Lipinski definition) is 3. The summed E-state index contributed by atoms with van der Waals surface area (Å²) in [5, 5.41) is 6.78. The number of aromatic nitrogens is 1. The lowest BCUT2D eigenvalue weighted by Crippen LogP contribution is -2.14. The van der Waals surface area contributed by atoms with Crippen molar-refractivity contribution in [2.75, 3.05) is 17.2 Å². The van der Waals surface area contributed by atoms with Crippen molar-refractivity contribution in [1.29, 1.82) is 0 Å². The summed E-state index contributed by atoms with van der Waals surface area (Å²) in [4.78, 5) is 16.8. The number of carbonyl (C=O) groups is 1. The highest BCUT2D eigenvalue weighted by Crippen LogP contribution is 2.23. The first-order chi connectivity index (χ1) is 12.6. The van der Waals surface area contributed by atoms with Crippen molar-refractivity contribution in [3.05, 3.63) is 88.6 Å². The topological polar surface area (TPSA) is 54.0 Å². The van der Waals surface area contributed by atoms with E-state index in [0.29, 0.717) is 22.1 Å². The first-order valence-corrected chi connectivity index (χ1v) is 8.81. The van der Waals surface area contributed by atoms with E-state index < -0.39 is 0 Å². The molecule has 0 saturated carbocycles. The van der Waals surface area contributed by atoms with Crippen molar-refractivity contribution in [2.24, 2.45) is 0 Å². The van der Waals surface area contributed by atoms with Crippen molar-refractivity contribution in [3.63, 3.8) is 0 Å². The predicted molar refractivity (Wildman–Crippen MR) is 107 cm³/mol. The molecule has 2 aromatic carbocycles. The smallest absolute Gasteiger partial charge is 0.255 e. The molecule has 2 N–H and O–H groups in total. The summed E-state index contributed by atoms with van der Waals surface area (Å²) in [6.45, 7) is 2.62. The summed E-state index contributed by atoms with van der Waals surface area (Å²) in [7, 11) is 0. The Labute approximate surface area is 158 Å². The molecule has 0 aliphatic rings. The van der Waals surface area contributed by atoms with E-state index in [4.69, 9.17) is 11.6 Å². The van der Waals surface area contributed by atoms with Gasteiger partial charge < -0.3 is 10.6 Å². The number of halogens is 1. The fraction of sp³-hybridized carbons (Fsp3) is 0.143. The summed E-state index contributed by atoms with van der Waals surface area (Å²) in [6.07, 6.45) is 2.52. The molecule has 3 aromatic rings. The Kier molecular flexibility index (Phi) is 5.87. The molecule has 0 spiro atoms. The molecule has 4 nitrogen and oxygen atoms in total. The van der Waals surface area contributed by atoms with Gasteiger partial charge in [0, 0.05) is 29.0 Å². The molecule has 0 aliphatic heterocycles. The molecule has 0 saturated heterocycles. The minimum absolute atomic E-state index is 0.191. The molecule has 1 aromatic heterocycles. The SMILES string of the molecule is Cc1c(Cl)cccc1NC(=O)c1ccnc(NCCc2ccccc2)c1. The molecule has 26 heavy (non-hydrogen) atoms. The maximum atomic E-state index is 12.5. The average molecular weight is 366 g/mol. The second-order valence-electron chi connectivity index (χ2n) is 5.96. The molecule has 0 fully saturated rings. The summed E-state index contributed by atoms with van der Waals surface area (Å²) in [5.41, 5.74) is 3.35. The van der Waals surface area contributed by atoms with Crippen molar-refractivity contribution in [3.8, 4) is 0 Å². The van der Waals surface area contributed by atoms with Gasteiger partial charge in [-0.15, -0.1) is 0 Å². The Morgan fingerprint density at radius 2 is 1.88 bits per heavy atom. The predicted octanol–water partition coefficient (Wildman–Crippen LogP) is 4.95. The first-order valence-electron chi connectivity index (χ1n) is 8.44. The summed E-state index contributed by atoms with van der Waals surface area (Å²) < 4.78 is 0. The lowest BCUT2D eigenvalue weighted by molar-refractivity contribution is 0.102. The minimum Gasteiger partial charge on any atom is -0.370 e. The summed E-state index contributed by atoms with van der Waals surface area (Å²) in [5.74, 6) is 0.486. The molecule has 0 radical (unpaired) electrons. The molecule has 0 bridgehead atoms. The van der Waals surface area contributed by atoms with E-state index in [1.165, 1.54) is 5.56 Å². The van der Waals surface area contributed by atoms with Gasteiger partial charge in [0.2, 0.25) is 0 Å². The van der Waals surface area contributed by atoms with Crippen LogP contribution >= 0.6 is 11.6 Å². The Balaban J connectivity index is 1.63. The molecule has 0 atom stereocenters. The van der Waals surface area contributed by atoms with Gasteiger partial charge in [-0.3, -0.25) is 4.79 Å². The zero-order chi connectivity index (χ0) is 18.4. The molecule has 1 heterocycles. The molecule has 3 rings (SSSR count). The summed E-state index contributed by atoms with van der Waals surface area (Å²) in [6, 6.07) is 19.1. The van der Waals surface area contributed by atoms with Crippen LogP contribution < -0.4 is 10.6 Å². The van der Waals surface area contributed by atoms with Gasteiger partial charge in [0.05, 0.1) is 0 Å². The Bertz CT molecular complexity index is 897. The molecular weight excluding hydrogens is 346 g/mol. The van der Waals surface area contributed by atoms with Gasteiger partial charge in [-0.2, -0.15) is 0 Å². The zero-order valence-corrected chi connectivity index (χ0v) is 15.3. The Morgan fingerprint density at radius 3 is 2.69 bits per heavy atom. The largest absolute Gasteiger partial charge is 0.370 e. The number of amides is 1. The highest BCUT2D eigenvalue weighted by atomic mass is 35.5. The number of anilines is 2. The molecule has 5 heteroatoms. The van der Waals surface area contributed by atoms with Crippen LogP contribution in [-0.2, 0) is 6.42 Å². The van der Waals surface area contributed by atoms with E-state index in [-0.39, 0.29) is 5.91 Å². The van der Waals surface area contributed by atoms with E-state index in [1.807, 2.05) is 37.3 Å². The minimum atomic E-state index is -0.191. The Morgan fingerprint density at radius 1 is 1.08 bits per heavy atom. The van der Waals surface area contributed by atoms with Crippen LogP contribution in [0.2, 0.25) is 5.02 Å². The quantitative estimate of drug-likeness (QED) is 0.649. The normalized spacial score (nSPS) is 10.4. The maximum absolute atomic E-state index is 12.5. The van der Waals surface area contributed by atoms with Crippen LogP contribution in [0.25, 0.3) is 0 Å². The third-order valence-corrected chi connectivity index (χ3v) is 4.51. The van der Waals surface area contributed by atoms with E-state index in [2.05, 4.69) is 27.8 Å². The molecular formula is C21H20ClN3O. The van der Waals surface area contributed by atoms with Crippen molar-refractivity contribution < 1.29 is 4.79 Å². The van der Waals surface area contributed by atoms with Crippen LogP contribution in [0.3, 0.4) is 0 Å². The van der Waals surface area contributed by atoms with Crippen LogP contribution in [0.5, 0.6) is 0 Å². The summed E-state index contributed by atoms with van der Waals surface area (Å²) >= 11 is 6.10. The zero-order valence-electron chi connectivity index (χ0n) is 14.5. The van der Waals surface area contributed by atoms with Crippen LogP contribution in [0, 0.1) is 6.92 Å². The first kappa shape index (κ1) is 18.0. The monoisotopic (exact) mass is 365 g/mol. The number of carbonyl (C=O) groups excluding carboxylic acids is 1. The Hall–Kier alpha value is -2.85. The van der Waals surface area contributed by atoms with E-state index in [0.717, 1.165) is 18.5 Å². The van der Waals surface area contributed by atoms with Crippen molar-refractivity contribution in [1.82, 2.24) is 4.98 Å². The highest BCUT2D eigenvalue weighted by molar-refractivity contribution is 6.31. The van der Waals surface area contributed by atoms with E-state index >= 15 is 0 Å². The van der Waals surface area contributed by atoms with Crippen LogP contribution in [0.1, 0.15) is 21.5 Å². The second kappa shape index (κ2) is 8.50. The van der Waals surface area contributed by atoms with Gasteiger partial charge >= 0.3 is 0 Å². The molecule has 132 valence electrons. The van der Waals surface area contributed by atoms with Crippen LogP contribution in [0.4, 0.5) is 11.5 Å². The van der Waals surface area contributed by atoms with Gasteiger partial charge in [-0.25, -0.2) is 4.98 Å². The van der Waals surface area contributed by atoms with Crippen molar-refractivity contribution >= 4 is 29.0 Å². The average Bonchev–Trinajstić information content (AvgIpc) is 2.66. The van der Waals surface area contributed by atoms with Gasteiger partial charge in [-0.05, 0) is 48.7 Å². The maximum Gasteiger partial charge on any atom is 0.255 e. The van der Waals surface area contributed by atoms with Gasteiger partial charge in [0.15, 0.2) is 0 Å². The van der Waals surface area contributed by atoms with Crippen molar-refractivity contribution in [2.45, 2.75) is 13.3 Å². The van der Waals surface area contributed by atoms with E-state index in [1.54, 1.807) is 24.4 Å². The van der Waals surface area contributed by atoms with Crippen LogP contribution in [-0.4, -0.2) is 17.4 Å². The number of pyridine rings is 1. The van der Waals surface area contributed by atoms with Gasteiger partial charge in [0.25, 0.3) is 5.91 Å². The second-order valence-corrected chi connectivity index (χ2v) is 6.37. The molecule has 0 unspecified atom stereocenters. The lowest BCUT2D eigenvalue weighted by Gasteiger charge is -2.11. The van der Waals surface area contributed by atoms with Gasteiger partial charge in [-0.1, -0.05) is 48.0 Å². The fourth-order valence-corrected chi connectivity index (χ4v) is 2.76. The highest BCUT2D eigenvalue weighted by Gasteiger charge is 2.10. The van der Waals surface area contributed by atoms with E-state index in [9.17, 15) is 4.79 Å². The standard InChI is InChI=1S/C21H20ClN3O/c1-15-18(22)8-5-9-19(15)25-21(26)17-11-13-24-20(14-17)23-12-10-16-6-3-2-4-7-16/h2-9,11,13-14H,10,12H2,1H3,(H,23,24)(H,25,26). The molecule has 1 amide bonds. The lowest BCUT2D eigenvalue weighted by atomic mass is 10.1. The van der Waals surface area contributed by atoms with Gasteiger partial charge in [0.1, 0.15) is 5.82 Å². The van der Waals surface area contributed by atoms with Crippen LogP contribution in [0.15, 0.2) is 66.9 Å². The number of hydrogen-bond donors (Lipinski definition) is 2. The molecule has 0 aliphatic carbocycles. The number of nitrogens with zero attached hydrogens (tertiary/aromatic N) is 1. The number of nitrogens with one attached hydrogen (secondary N) is 2. The number of benzene rings is 2. The fourth-order valence-electron chi connectivity index (χ4n) is 2.59.